The highest BCUT2D eigenvalue weighted by molar-refractivity contribution is 5.94. The van der Waals surface area contributed by atoms with E-state index in [9.17, 15) is 22.8 Å². The molecule has 0 aromatic carbocycles. The highest BCUT2D eigenvalue weighted by atomic mass is 19.4. The van der Waals surface area contributed by atoms with Crippen LogP contribution in [0.5, 0.6) is 0 Å². The lowest BCUT2D eigenvalue weighted by atomic mass is 10.2. The average molecular weight is 290 g/mol. The van der Waals surface area contributed by atoms with Gasteiger partial charge in [-0.2, -0.15) is 13.2 Å². The van der Waals surface area contributed by atoms with Crippen LogP contribution in [0.15, 0.2) is 16.9 Å². The summed E-state index contributed by atoms with van der Waals surface area (Å²) >= 11 is 0. The molecule has 1 atom stereocenters. The normalized spacial score (nSPS) is 19.4. The second-order valence-electron chi connectivity index (χ2n) is 4.59. The number of nitrogens with one attached hydrogen (secondary N) is 1. The zero-order chi connectivity index (χ0) is 14.9. The minimum Gasteiger partial charge on any atom is -0.394 e. The van der Waals surface area contributed by atoms with Crippen molar-refractivity contribution < 1.29 is 23.1 Å². The summed E-state index contributed by atoms with van der Waals surface area (Å²) < 4.78 is 37.3. The summed E-state index contributed by atoms with van der Waals surface area (Å²) in [7, 11) is 0. The van der Waals surface area contributed by atoms with Crippen LogP contribution in [0.25, 0.3) is 0 Å². The Morgan fingerprint density at radius 1 is 1.45 bits per heavy atom. The van der Waals surface area contributed by atoms with Crippen LogP contribution in [0.3, 0.4) is 0 Å². The van der Waals surface area contributed by atoms with Crippen LogP contribution in [-0.4, -0.2) is 40.1 Å². The molecule has 1 aromatic heterocycles. The molecule has 5 nitrogen and oxygen atoms in total. The van der Waals surface area contributed by atoms with Crippen molar-refractivity contribution in [3.05, 3.63) is 33.7 Å². The van der Waals surface area contributed by atoms with Gasteiger partial charge >= 0.3 is 6.18 Å². The van der Waals surface area contributed by atoms with Crippen molar-refractivity contribution in [3.63, 3.8) is 0 Å². The number of pyridine rings is 1. The molecule has 1 aliphatic rings. The largest absolute Gasteiger partial charge is 0.431 e. The molecule has 1 aromatic rings. The predicted molar refractivity (Wildman–Crippen MR) is 63.2 cm³/mol. The summed E-state index contributed by atoms with van der Waals surface area (Å²) in [6, 6.07) is 1.15. The number of carbonyl (C=O) groups is 1. The number of rotatable bonds is 2. The quantitative estimate of drug-likeness (QED) is 0.853. The molecule has 0 spiro atoms. The predicted octanol–water partition coefficient (Wildman–Crippen LogP) is 0.991. The minimum atomic E-state index is -4.66. The van der Waals surface area contributed by atoms with E-state index in [0.717, 1.165) is 6.07 Å². The van der Waals surface area contributed by atoms with Gasteiger partial charge in [-0.3, -0.25) is 9.59 Å². The number of alkyl halides is 3. The molecule has 0 unspecified atom stereocenters. The molecule has 1 saturated heterocycles. The van der Waals surface area contributed by atoms with E-state index < -0.39 is 23.3 Å². The van der Waals surface area contributed by atoms with Crippen molar-refractivity contribution in [2.45, 2.75) is 25.1 Å². The Labute approximate surface area is 112 Å². The number of carbonyl (C=O) groups excluding carboxylic acids is 1. The van der Waals surface area contributed by atoms with Crippen LogP contribution in [-0.2, 0) is 6.18 Å². The number of nitrogens with zero attached hydrogens (tertiary/aromatic N) is 1. The lowest BCUT2D eigenvalue weighted by Crippen LogP contribution is -2.40. The van der Waals surface area contributed by atoms with Gasteiger partial charge in [0.15, 0.2) is 0 Å². The van der Waals surface area contributed by atoms with Crippen LogP contribution in [0.2, 0.25) is 0 Å². The van der Waals surface area contributed by atoms with E-state index in [4.69, 9.17) is 5.11 Å². The van der Waals surface area contributed by atoms with Crippen LogP contribution in [0.1, 0.15) is 28.9 Å². The van der Waals surface area contributed by atoms with Crippen LogP contribution >= 0.6 is 0 Å². The van der Waals surface area contributed by atoms with Gasteiger partial charge < -0.3 is 15.0 Å². The van der Waals surface area contributed by atoms with E-state index in [1.54, 1.807) is 4.98 Å². The molecule has 2 N–H and O–H groups in total. The molecule has 8 heteroatoms. The molecule has 20 heavy (non-hydrogen) atoms. The SMILES string of the molecule is O=C(c1ccc(C(F)(F)F)[nH]c1=O)N1CCC[C@@H]1CO. The topological polar surface area (TPSA) is 73.4 Å². The first kappa shape index (κ1) is 14.6. The first-order valence-electron chi connectivity index (χ1n) is 6.07. The van der Waals surface area contributed by atoms with Gasteiger partial charge in [0.25, 0.3) is 11.5 Å². The molecular weight excluding hydrogens is 277 g/mol. The van der Waals surface area contributed by atoms with E-state index in [0.29, 0.717) is 25.5 Å². The van der Waals surface area contributed by atoms with Crippen molar-refractivity contribution in [2.24, 2.45) is 0 Å². The van der Waals surface area contributed by atoms with Gasteiger partial charge in [-0.15, -0.1) is 0 Å². The van der Waals surface area contributed by atoms with Gasteiger partial charge in [-0.1, -0.05) is 0 Å². The Morgan fingerprint density at radius 2 is 2.15 bits per heavy atom. The molecule has 2 heterocycles. The fourth-order valence-electron chi connectivity index (χ4n) is 2.26. The third kappa shape index (κ3) is 2.69. The zero-order valence-electron chi connectivity index (χ0n) is 10.4. The number of hydrogen-bond donors (Lipinski definition) is 2. The number of aromatic nitrogens is 1. The maximum absolute atomic E-state index is 12.4. The molecule has 1 amide bonds. The summed E-state index contributed by atoms with van der Waals surface area (Å²) in [6.45, 7) is 0.148. The monoisotopic (exact) mass is 290 g/mol. The van der Waals surface area contributed by atoms with Gasteiger partial charge in [0.2, 0.25) is 0 Å². The first-order chi connectivity index (χ1) is 9.34. The fraction of sp³-hybridized carbons (Fsp3) is 0.500. The Bertz CT molecular complexity index is 568. The van der Waals surface area contributed by atoms with Crippen molar-refractivity contribution in [2.75, 3.05) is 13.2 Å². The molecule has 2 rings (SSSR count). The molecule has 1 aliphatic heterocycles. The average Bonchev–Trinajstić information content (AvgIpc) is 2.85. The summed E-state index contributed by atoms with van der Waals surface area (Å²) in [5, 5.41) is 9.12. The van der Waals surface area contributed by atoms with E-state index in [2.05, 4.69) is 0 Å². The lowest BCUT2D eigenvalue weighted by molar-refractivity contribution is -0.141. The smallest absolute Gasteiger partial charge is 0.394 e. The van der Waals surface area contributed by atoms with E-state index in [1.165, 1.54) is 4.90 Å². The Hall–Kier alpha value is -1.83. The number of aliphatic hydroxyl groups excluding tert-OH is 1. The minimum absolute atomic E-state index is 0.232. The maximum atomic E-state index is 12.4. The number of halogens is 3. The third-order valence-electron chi connectivity index (χ3n) is 3.29. The van der Waals surface area contributed by atoms with Gasteiger partial charge in [-0.25, -0.2) is 0 Å². The Balaban J connectivity index is 2.30. The van der Waals surface area contributed by atoms with Gasteiger partial charge in [0, 0.05) is 6.54 Å². The van der Waals surface area contributed by atoms with Gasteiger partial charge in [-0.05, 0) is 25.0 Å². The van der Waals surface area contributed by atoms with Crippen molar-refractivity contribution in [1.29, 1.82) is 0 Å². The molecule has 110 valence electrons. The molecule has 0 bridgehead atoms. The molecule has 0 radical (unpaired) electrons. The van der Waals surface area contributed by atoms with Crippen molar-refractivity contribution in [3.8, 4) is 0 Å². The Kier molecular flexibility index (Phi) is 3.85. The highest BCUT2D eigenvalue weighted by Crippen LogP contribution is 2.26. The third-order valence-corrected chi connectivity index (χ3v) is 3.29. The number of aromatic amines is 1. The number of likely N-dealkylation sites (tertiary alicyclic amines) is 1. The van der Waals surface area contributed by atoms with Crippen LogP contribution < -0.4 is 5.56 Å². The van der Waals surface area contributed by atoms with E-state index in [-0.39, 0.29) is 18.2 Å². The molecule has 1 fully saturated rings. The second-order valence-corrected chi connectivity index (χ2v) is 4.59. The molecular formula is C12H13F3N2O3. The van der Waals surface area contributed by atoms with Crippen LogP contribution in [0.4, 0.5) is 13.2 Å². The first-order valence-corrected chi connectivity index (χ1v) is 6.07. The van der Waals surface area contributed by atoms with E-state index >= 15 is 0 Å². The second kappa shape index (κ2) is 5.28. The number of aliphatic hydroxyl groups is 1. The van der Waals surface area contributed by atoms with E-state index in [1.807, 2.05) is 0 Å². The summed E-state index contributed by atoms with van der Waals surface area (Å²) in [5.41, 5.74) is -2.62. The lowest BCUT2D eigenvalue weighted by Gasteiger charge is -2.22. The standard InChI is InChI=1S/C12H13F3N2O3/c13-12(14,15)9-4-3-8(10(19)16-9)11(20)17-5-1-2-7(17)6-18/h3-4,7,18H,1-2,5-6H2,(H,16,19)/t7-/m1/s1. The number of H-pyrrole nitrogens is 1. The zero-order valence-corrected chi connectivity index (χ0v) is 10.4. The van der Waals surface area contributed by atoms with Crippen LogP contribution in [0, 0.1) is 0 Å². The fourth-order valence-corrected chi connectivity index (χ4v) is 2.26. The number of hydrogen-bond acceptors (Lipinski definition) is 3. The molecule has 0 aliphatic carbocycles. The molecule has 0 saturated carbocycles. The van der Waals surface area contributed by atoms with Crippen molar-refractivity contribution >= 4 is 5.91 Å². The van der Waals surface area contributed by atoms with Crippen molar-refractivity contribution in [1.82, 2.24) is 9.88 Å². The highest BCUT2D eigenvalue weighted by Gasteiger charge is 2.34. The maximum Gasteiger partial charge on any atom is 0.431 e. The van der Waals surface area contributed by atoms with Gasteiger partial charge in [0.05, 0.1) is 12.6 Å². The van der Waals surface area contributed by atoms with Gasteiger partial charge in [0.1, 0.15) is 11.3 Å². The Morgan fingerprint density at radius 3 is 2.70 bits per heavy atom. The summed E-state index contributed by atoms with van der Waals surface area (Å²) in [5.74, 6) is -0.656. The number of amides is 1. The summed E-state index contributed by atoms with van der Waals surface area (Å²) in [6.07, 6.45) is -3.36. The summed E-state index contributed by atoms with van der Waals surface area (Å²) in [4.78, 5) is 26.7.